The average Bonchev–Trinajstić information content (AvgIpc) is 2.28. The predicted molar refractivity (Wildman–Crippen MR) is 62.9 cm³/mol. The van der Waals surface area contributed by atoms with Gasteiger partial charge in [0.2, 0.25) is 5.82 Å². The van der Waals surface area contributed by atoms with Crippen molar-refractivity contribution in [1.29, 1.82) is 0 Å². The van der Waals surface area contributed by atoms with Gasteiger partial charge in [-0.05, 0) is 18.6 Å². The predicted octanol–water partition coefficient (Wildman–Crippen LogP) is 3.08. The van der Waals surface area contributed by atoms with Crippen molar-refractivity contribution < 1.29 is 18.8 Å². The van der Waals surface area contributed by atoms with Crippen LogP contribution in [0.5, 0.6) is 0 Å². The molecule has 0 aliphatic heterocycles. The third-order valence-electron chi connectivity index (χ3n) is 2.14. The molecule has 0 aliphatic rings. The fourth-order valence-electron chi connectivity index (χ4n) is 1.26. The second kappa shape index (κ2) is 6.53. The lowest BCUT2D eigenvalue weighted by Gasteiger charge is -2.07. The quantitative estimate of drug-likeness (QED) is 0.498. The van der Waals surface area contributed by atoms with Crippen molar-refractivity contribution in [3.8, 4) is 0 Å². The third-order valence-corrected chi connectivity index (χ3v) is 2.14. The number of benzene rings is 1. The van der Waals surface area contributed by atoms with Crippen LogP contribution in [0.3, 0.4) is 0 Å². The van der Waals surface area contributed by atoms with Gasteiger partial charge in [0.1, 0.15) is 5.69 Å². The first kappa shape index (κ1) is 13.9. The summed E-state index contributed by atoms with van der Waals surface area (Å²) in [5, 5.41) is 12.8. The Labute approximate surface area is 103 Å². The van der Waals surface area contributed by atoms with Crippen LogP contribution in [-0.2, 0) is 4.74 Å². The van der Waals surface area contributed by atoms with Crippen LogP contribution in [-0.4, -0.2) is 17.6 Å². The Morgan fingerprint density at radius 1 is 1.56 bits per heavy atom. The number of nitrogens with one attached hydrogen (secondary N) is 1. The molecule has 18 heavy (non-hydrogen) atoms. The summed E-state index contributed by atoms with van der Waals surface area (Å²) in [6, 6.07) is 3.46. The smallest absolute Gasteiger partial charge is 0.411 e. The molecule has 0 fully saturated rings. The van der Waals surface area contributed by atoms with Crippen LogP contribution in [0.15, 0.2) is 18.2 Å². The molecule has 0 radical (unpaired) electrons. The number of halogens is 1. The molecule has 1 N–H and O–H groups in total. The van der Waals surface area contributed by atoms with Gasteiger partial charge in [0.15, 0.2) is 0 Å². The van der Waals surface area contributed by atoms with E-state index in [1.165, 1.54) is 12.1 Å². The van der Waals surface area contributed by atoms with Crippen molar-refractivity contribution in [2.24, 2.45) is 0 Å². The van der Waals surface area contributed by atoms with E-state index < -0.39 is 22.5 Å². The number of nitro groups is 1. The van der Waals surface area contributed by atoms with E-state index in [2.05, 4.69) is 5.32 Å². The summed E-state index contributed by atoms with van der Waals surface area (Å²) in [6.45, 7) is 2.14. The first-order valence-electron chi connectivity index (χ1n) is 5.43. The van der Waals surface area contributed by atoms with E-state index in [-0.39, 0.29) is 12.3 Å². The van der Waals surface area contributed by atoms with Crippen molar-refractivity contribution in [2.75, 3.05) is 11.9 Å². The van der Waals surface area contributed by atoms with Crippen LogP contribution in [0.25, 0.3) is 0 Å². The van der Waals surface area contributed by atoms with E-state index in [0.29, 0.717) is 6.42 Å². The van der Waals surface area contributed by atoms with Gasteiger partial charge in [-0.2, -0.15) is 4.39 Å². The number of hydrogen-bond donors (Lipinski definition) is 1. The molecule has 1 rings (SSSR count). The number of unbranched alkanes of at least 4 members (excludes halogenated alkanes) is 1. The molecule has 0 aliphatic carbocycles. The van der Waals surface area contributed by atoms with E-state index >= 15 is 0 Å². The Bertz CT molecular complexity index is 451. The average molecular weight is 256 g/mol. The van der Waals surface area contributed by atoms with Crippen LogP contribution < -0.4 is 5.32 Å². The van der Waals surface area contributed by atoms with E-state index in [0.717, 1.165) is 12.5 Å². The fraction of sp³-hybridized carbons (Fsp3) is 0.364. The van der Waals surface area contributed by atoms with Crippen LogP contribution in [0.2, 0.25) is 0 Å². The molecule has 1 amide bonds. The van der Waals surface area contributed by atoms with Gasteiger partial charge in [0, 0.05) is 0 Å². The topological polar surface area (TPSA) is 81.5 Å². The SMILES string of the molecule is CCCCOC(=O)Nc1cccc(F)c1[N+](=O)[O-]. The van der Waals surface area contributed by atoms with Gasteiger partial charge in [-0.25, -0.2) is 4.79 Å². The summed E-state index contributed by atoms with van der Waals surface area (Å²) in [5.41, 5.74) is -0.994. The van der Waals surface area contributed by atoms with Crippen molar-refractivity contribution >= 4 is 17.5 Å². The lowest BCUT2D eigenvalue weighted by Crippen LogP contribution is -2.15. The van der Waals surface area contributed by atoms with E-state index in [1.54, 1.807) is 0 Å². The van der Waals surface area contributed by atoms with Crippen molar-refractivity contribution in [2.45, 2.75) is 19.8 Å². The fourth-order valence-corrected chi connectivity index (χ4v) is 1.26. The van der Waals surface area contributed by atoms with Gasteiger partial charge >= 0.3 is 11.8 Å². The zero-order valence-electron chi connectivity index (χ0n) is 9.81. The Kier molecular flexibility index (Phi) is 5.04. The molecule has 0 saturated heterocycles. The van der Waals surface area contributed by atoms with E-state index in [9.17, 15) is 19.3 Å². The summed E-state index contributed by atoms with van der Waals surface area (Å²) in [7, 11) is 0. The van der Waals surface area contributed by atoms with Gasteiger partial charge in [-0.15, -0.1) is 0 Å². The Balaban J connectivity index is 2.75. The molecule has 0 bridgehead atoms. The van der Waals surface area contributed by atoms with Crippen molar-refractivity contribution in [3.05, 3.63) is 34.1 Å². The van der Waals surface area contributed by atoms with Gasteiger partial charge in [0.05, 0.1) is 11.5 Å². The maximum absolute atomic E-state index is 13.2. The molecule has 0 unspecified atom stereocenters. The van der Waals surface area contributed by atoms with Gasteiger partial charge in [-0.1, -0.05) is 19.4 Å². The number of para-hydroxylation sites is 1. The van der Waals surface area contributed by atoms with Gasteiger partial charge in [0.25, 0.3) is 0 Å². The molecular formula is C11H13FN2O4. The molecule has 0 spiro atoms. The van der Waals surface area contributed by atoms with Crippen LogP contribution in [0, 0.1) is 15.9 Å². The lowest BCUT2D eigenvalue weighted by atomic mass is 10.2. The molecule has 98 valence electrons. The van der Waals surface area contributed by atoms with Crippen LogP contribution in [0.1, 0.15) is 19.8 Å². The summed E-state index contributed by atoms with van der Waals surface area (Å²) >= 11 is 0. The van der Waals surface area contributed by atoms with Crippen LogP contribution >= 0.6 is 0 Å². The minimum Gasteiger partial charge on any atom is -0.449 e. The highest BCUT2D eigenvalue weighted by Gasteiger charge is 2.21. The third kappa shape index (κ3) is 3.69. The first-order valence-corrected chi connectivity index (χ1v) is 5.43. The highest BCUT2D eigenvalue weighted by atomic mass is 19.1. The van der Waals surface area contributed by atoms with Crippen molar-refractivity contribution in [1.82, 2.24) is 0 Å². The second-order valence-electron chi connectivity index (χ2n) is 3.51. The zero-order valence-corrected chi connectivity index (χ0v) is 9.81. The zero-order chi connectivity index (χ0) is 13.5. The lowest BCUT2D eigenvalue weighted by molar-refractivity contribution is -0.386. The highest BCUT2D eigenvalue weighted by molar-refractivity contribution is 5.87. The number of amides is 1. The maximum atomic E-state index is 13.2. The Morgan fingerprint density at radius 3 is 2.89 bits per heavy atom. The minimum atomic E-state index is -1.01. The van der Waals surface area contributed by atoms with E-state index in [1.807, 2.05) is 6.92 Å². The second-order valence-corrected chi connectivity index (χ2v) is 3.51. The number of nitrogens with zero attached hydrogens (tertiary/aromatic N) is 1. The summed E-state index contributed by atoms with van der Waals surface area (Å²) in [4.78, 5) is 21.1. The standard InChI is InChI=1S/C11H13FN2O4/c1-2-3-7-18-11(15)13-9-6-4-5-8(12)10(9)14(16)17/h4-6H,2-3,7H2,1H3,(H,13,15). The number of carbonyl (C=O) groups is 1. The number of carbonyl (C=O) groups excluding carboxylic acids is 1. The molecule has 0 heterocycles. The largest absolute Gasteiger partial charge is 0.449 e. The van der Waals surface area contributed by atoms with Crippen molar-refractivity contribution in [3.63, 3.8) is 0 Å². The highest BCUT2D eigenvalue weighted by Crippen LogP contribution is 2.27. The summed E-state index contributed by atoms with van der Waals surface area (Å²) in [6.07, 6.45) is 0.712. The summed E-state index contributed by atoms with van der Waals surface area (Å²) < 4.78 is 18.0. The molecule has 0 atom stereocenters. The molecule has 1 aromatic rings. The maximum Gasteiger partial charge on any atom is 0.411 e. The first-order chi connectivity index (χ1) is 8.56. The van der Waals surface area contributed by atoms with Gasteiger partial charge in [-0.3, -0.25) is 15.4 Å². The van der Waals surface area contributed by atoms with Gasteiger partial charge < -0.3 is 4.74 Å². The molecule has 0 saturated carbocycles. The Morgan fingerprint density at radius 2 is 2.28 bits per heavy atom. The molecule has 0 aromatic heterocycles. The van der Waals surface area contributed by atoms with E-state index in [4.69, 9.17) is 4.74 Å². The number of hydrogen-bond acceptors (Lipinski definition) is 4. The Hall–Kier alpha value is -2.18. The number of nitro benzene ring substituents is 1. The molecule has 6 nitrogen and oxygen atoms in total. The molecule has 7 heteroatoms. The normalized spacial score (nSPS) is 9.89. The molecule has 1 aromatic carbocycles. The number of rotatable bonds is 5. The van der Waals surface area contributed by atoms with Crippen LogP contribution in [0.4, 0.5) is 20.6 Å². The monoisotopic (exact) mass is 256 g/mol. The summed E-state index contributed by atoms with van der Waals surface area (Å²) in [5.74, 6) is -1.01. The molecular weight excluding hydrogens is 243 g/mol. The number of ether oxygens (including phenoxy) is 1. The minimum absolute atomic E-state index is 0.214. The number of anilines is 1.